The Morgan fingerprint density at radius 2 is 1.67 bits per heavy atom. The third-order valence-corrected chi connectivity index (χ3v) is 0.348. The zero-order valence-corrected chi connectivity index (χ0v) is 4.02. The molecule has 0 rings (SSSR count). The molecule has 0 atom stereocenters. The fourth-order valence-electron chi connectivity index (χ4n) is 0. The third-order valence-electron chi connectivity index (χ3n) is 0.348. The van der Waals surface area contributed by atoms with Crippen molar-refractivity contribution >= 4 is 0 Å². The van der Waals surface area contributed by atoms with Gasteiger partial charge in [0.15, 0.2) is 0 Å². The van der Waals surface area contributed by atoms with Crippen LogP contribution in [0.3, 0.4) is 0 Å². The Morgan fingerprint density at radius 1 is 1.50 bits per heavy atom. The summed E-state index contributed by atoms with van der Waals surface area (Å²) in [7, 11) is 0. The standard InChI is InChI=1S/C4H8O2/c1-4(2,6)3-5/h3H2,1-2H3. The Labute approximate surface area is 37.4 Å². The van der Waals surface area contributed by atoms with E-state index >= 15 is 0 Å². The lowest BCUT2D eigenvalue weighted by Gasteiger charge is -2.04. The maximum Gasteiger partial charge on any atom is 0.124 e. The summed E-state index contributed by atoms with van der Waals surface area (Å²) in [4.78, 5) is 0. The fraction of sp³-hybridized carbons (Fsp3) is 1.00. The predicted molar refractivity (Wildman–Crippen MR) is 20.3 cm³/mol. The highest BCUT2D eigenvalue weighted by Gasteiger charge is 2.12. The lowest BCUT2D eigenvalue weighted by atomic mass is 10.2. The first kappa shape index (κ1) is 5.92. The molecule has 0 aliphatic carbocycles. The molecule has 0 aromatic rings. The summed E-state index contributed by atoms with van der Waals surface area (Å²) in [5, 5.41) is 19.8. The monoisotopic (exact) mass is 88.1 g/mol. The molecule has 0 bridgehead atoms. The van der Waals surface area contributed by atoms with Crippen molar-refractivity contribution < 1.29 is 10.2 Å². The second-order valence-electron chi connectivity index (χ2n) is 1.90. The Morgan fingerprint density at radius 3 is 1.67 bits per heavy atom. The summed E-state index contributed by atoms with van der Waals surface area (Å²) in [6.07, 6.45) is 0. The molecule has 6 heavy (non-hydrogen) atoms. The van der Waals surface area contributed by atoms with Crippen LogP contribution < -0.4 is 0 Å². The van der Waals surface area contributed by atoms with E-state index in [1.807, 2.05) is 0 Å². The number of hydrogen-bond acceptors (Lipinski definition) is 0. The van der Waals surface area contributed by atoms with Gasteiger partial charge in [0, 0.05) is 0 Å². The van der Waals surface area contributed by atoms with Gasteiger partial charge in [-0.05, 0) is 13.8 Å². The quantitative estimate of drug-likeness (QED) is 0.451. The lowest BCUT2D eigenvalue weighted by molar-refractivity contribution is -0.0610. The van der Waals surface area contributed by atoms with Crippen molar-refractivity contribution in [3.8, 4) is 0 Å². The van der Waals surface area contributed by atoms with Gasteiger partial charge in [-0.2, -0.15) is 0 Å². The summed E-state index contributed by atoms with van der Waals surface area (Å²) in [5.41, 5.74) is -1.26. The minimum Gasteiger partial charge on any atom is -0.233 e. The van der Waals surface area contributed by atoms with E-state index in [1.54, 1.807) is 0 Å². The van der Waals surface area contributed by atoms with Crippen LogP contribution in [0.4, 0.5) is 0 Å². The van der Waals surface area contributed by atoms with Crippen molar-refractivity contribution in [2.75, 3.05) is 6.61 Å². The van der Waals surface area contributed by atoms with Crippen molar-refractivity contribution in [3.63, 3.8) is 0 Å². The van der Waals surface area contributed by atoms with E-state index in [1.165, 1.54) is 13.8 Å². The van der Waals surface area contributed by atoms with Crippen LogP contribution in [0.2, 0.25) is 0 Å². The van der Waals surface area contributed by atoms with Crippen LogP contribution in [0, 0.1) is 0 Å². The van der Waals surface area contributed by atoms with Crippen molar-refractivity contribution in [2.45, 2.75) is 19.4 Å². The van der Waals surface area contributed by atoms with Gasteiger partial charge in [0.25, 0.3) is 0 Å². The normalized spacial score (nSPS) is 12.0. The lowest BCUT2D eigenvalue weighted by Crippen LogP contribution is -2.20. The molecule has 2 radical (unpaired) electrons. The molecular formula is C4H8O2. The van der Waals surface area contributed by atoms with Gasteiger partial charge >= 0.3 is 0 Å². The van der Waals surface area contributed by atoms with Crippen LogP contribution in [-0.2, 0) is 10.2 Å². The highest BCUT2D eigenvalue weighted by Crippen LogP contribution is 1.97. The van der Waals surface area contributed by atoms with Crippen LogP contribution in [0.5, 0.6) is 0 Å². The highest BCUT2D eigenvalue weighted by atomic mass is 16.3. The summed E-state index contributed by atoms with van der Waals surface area (Å²) in [6.45, 7) is 2.22. The number of rotatable bonds is 1. The first-order valence-corrected chi connectivity index (χ1v) is 1.85. The smallest absolute Gasteiger partial charge is 0.124 e. The van der Waals surface area contributed by atoms with E-state index in [4.69, 9.17) is 0 Å². The van der Waals surface area contributed by atoms with Gasteiger partial charge in [-0.25, -0.2) is 10.2 Å². The summed E-state index contributed by atoms with van der Waals surface area (Å²) < 4.78 is 0. The van der Waals surface area contributed by atoms with Crippen molar-refractivity contribution in [2.24, 2.45) is 0 Å². The van der Waals surface area contributed by atoms with E-state index in [2.05, 4.69) is 0 Å². The molecule has 36 valence electrons. The van der Waals surface area contributed by atoms with Gasteiger partial charge in [-0.1, -0.05) is 0 Å². The summed E-state index contributed by atoms with van der Waals surface area (Å²) >= 11 is 0. The van der Waals surface area contributed by atoms with Crippen LogP contribution in [0.15, 0.2) is 0 Å². The zero-order valence-electron chi connectivity index (χ0n) is 4.02. The Balaban J connectivity index is 3.17. The first-order chi connectivity index (χ1) is 2.56. The molecule has 0 aliphatic rings. The Hall–Kier alpha value is -0.0800. The fourth-order valence-corrected chi connectivity index (χ4v) is 0. The number of hydrogen-bond donors (Lipinski definition) is 0. The molecular weight excluding hydrogens is 80.0 g/mol. The molecule has 0 fully saturated rings. The predicted octanol–water partition coefficient (Wildman–Crippen LogP) is 0.626. The molecule has 2 nitrogen and oxygen atoms in total. The largest absolute Gasteiger partial charge is 0.233 e. The van der Waals surface area contributed by atoms with Crippen LogP contribution in [0.1, 0.15) is 13.8 Å². The SMILES string of the molecule is CC(C)([O])C[O]. The van der Waals surface area contributed by atoms with Gasteiger partial charge in [-0.15, -0.1) is 0 Å². The van der Waals surface area contributed by atoms with E-state index < -0.39 is 12.2 Å². The van der Waals surface area contributed by atoms with Crippen molar-refractivity contribution in [1.82, 2.24) is 0 Å². The second-order valence-corrected chi connectivity index (χ2v) is 1.90. The molecule has 0 N–H and O–H groups in total. The summed E-state index contributed by atoms with van der Waals surface area (Å²) in [5.74, 6) is 0. The molecule has 0 unspecified atom stereocenters. The molecule has 0 aromatic carbocycles. The van der Waals surface area contributed by atoms with E-state index in [-0.39, 0.29) is 0 Å². The van der Waals surface area contributed by atoms with Crippen molar-refractivity contribution in [3.05, 3.63) is 0 Å². The highest BCUT2D eigenvalue weighted by molar-refractivity contribution is 4.59. The second kappa shape index (κ2) is 1.58. The molecule has 2 heteroatoms. The van der Waals surface area contributed by atoms with Crippen molar-refractivity contribution in [1.29, 1.82) is 0 Å². The van der Waals surface area contributed by atoms with Gasteiger partial charge in [-0.3, -0.25) is 0 Å². The van der Waals surface area contributed by atoms with E-state index in [0.717, 1.165) is 0 Å². The van der Waals surface area contributed by atoms with Crippen LogP contribution in [-0.4, -0.2) is 12.2 Å². The Kier molecular flexibility index (Phi) is 1.56. The molecule has 0 amide bonds. The van der Waals surface area contributed by atoms with Gasteiger partial charge in [0.2, 0.25) is 0 Å². The van der Waals surface area contributed by atoms with Gasteiger partial charge in [0.1, 0.15) is 12.2 Å². The van der Waals surface area contributed by atoms with Crippen LogP contribution >= 0.6 is 0 Å². The Bertz CT molecular complexity index is 35.3. The topological polar surface area (TPSA) is 39.8 Å². The molecule has 0 heterocycles. The van der Waals surface area contributed by atoms with Gasteiger partial charge in [0.05, 0.1) is 0 Å². The molecule has 0 aliphatic heterocycles. The average molecular weight is 88.1 g/mol. The van der Waals surface area contributed by atoms with Gasteiger partial charge < -0.3 is 0 Å². The molecule has 0 aromatic heterocycles. The van der Waals surface area contributed by atoms with E-state index in [0.29, 0.717) is 0 Å². The third kappa shape index (κ3) is 3.92. The minimum absolute atomic E-state index is 0.535. The molecule has 0 saturated carbocycles. The molecule has 0 saturated heterocycles. The maximum absolute atomic E-state index is 10.2. The van der Waals surface area contributed by atoms with Crippen LogP contribution in [0.25, 0.3) is 0 Å². The molecule has 0 spiro atoms. The van der Waals surface area contributed by atoms with E-state index in [9.17, 15) is 10.2 Å². The average Bonchev–Trinajstić information content (AvgIpc) is 1.35. The first-order valence-electron chi connectivity index (χ1n) is 1.85. The maximum atomic E-state index is 10.2. The zero-order chi connectivity index (χ0) is 5.21. The summed E-state index contributed by atoms with van der Waals surface area (Å²) in [6, 6.07) is 0. The minimum atomic E-state index is -1.26.